The van der Waals surface area contributed by atoms with Crippen LogP contribution in [0.15, 0.2) is 23.1 Å². The smallest absolute Gasteiger partial charge is 0.244 e. The molecule has 1 heterocycles. The molecule has 5 nitrogen and oxygen atoms in total. The van der Waals surface area contributed by atoms with Gasteiger partial charge in [0.15, 0.2) is 0 Å². The lowest BCUT2D eigenvalue weighted by atomic mass is 9.95. The van der Waals surface area contributed by atoms with E-state index in [0.29, 0.717) is 25.6 Å². The van der Waals surface area contributed by atoms with Crippen molar-refractivity contribution in [3.8, 4) is 6.07 Å². The van der Waals surface area contributed by atoms with Gasteiger partial charge in [-0.25, -0.2) is 12.8 Å². The summed E-state index contributed by atoms with van der Waals surface area (Å²) >= 11 is 0. The zero-order valence-corrected chi connectivity index (χ0v) is 12.4. The molecule has 0 bridgehead atoms. The molecular weight excluding hydrogens is 293 g/mol. The van der Waals surface area contributed by atoms with Gasteiger partial charge < -0.3 is 5.73 Å². The van der Waals surface area contributed by atoms with Crippen LogP contribution in [0.5, 0.6) is 0 Å². The molecule has 114 valence electrons. The first-order valence-electron chi connectivity index (χ1n) is 6.89. The first-order valence-corrected chi connectivity index (χ1v) is 8.33. The second kappa shape index (κ2) is 6.52. The Morgan fingerprint density at radius 1 is 1.38 bits per heavy atom. The highest BCUT2D eigenvalue weighted by Gasteiger charge is 2.31. The van der Waals surface area contributed by atoms with Gasteiger partial charge >= 0.3 is 0 Å². The molecule has 1 aliphatic rings. The van der Waals surface area contributed by atoms with Crippen molar-refractivity contribution >= 4 is 10.0 Å². The molecule has 0 unspecified atom stereocenters. The third-order valence-electron chi connectivity index (χ3n) is 3.85. The second-order valence-electron chi connectivity index (χ2n) is 5.15. The number of nitriles is 1. The van der Waals surface area contributed by atoms with Crippen molar-refractivity contribution in [3.05, 3.63) is 29.6 Å². The molecule has 0 radical (unpaired) electrons. The van der Waals surface area contributed by atoms with Gasteiger partial charge in [-0.2, -0.15) is 9.57 Å². The molecule has 2 rings (SSSR count). The Balaban J connectivity index is 2.25. The summed E-state index contributed by atoms with van der Waals surface area (Å²) in [6.07, 6.45) is 2.37. The normalized spacial score (nSPS) is 17.6. The van der Waals surface area contributed by atoms with Crippen molar-refractivity contribution in [2.24, 2.45) is 11.7 Å². The van der Waals surface area contributed by atoms with Crippen molar-refractivity contribution in [2.75, 3.05) is 19.6 Å². The fourth-order valence-corrected chi connectivity index (χ4v) is 4.26. The third kappa shape index (κ3) is 3.23. The van der Waals surface area contributed by atoms with E-state index in [2.05, 4.69) is 0 Å². The predicted octanol–water partition coefficient (Wildman–Crippen LogP) is 1.45. The average molecular weight is 311 g/mol. The van der Waals surface area contributed by atoms with E-state index in [0.717, 1.165) is 25.3 Å². The average Bonchev–Trinajstić information content (AvgIpc) is 2.48. The number of hydrogen-bond acceptors (Lipinski definition) is 4. The largest absolute Gasteiger partial charge is 0.330 e. The summed E-state index contributed by atoms with van der Waals surface area (Å²) in [4.78, 5) is -0.248. The number of piperidine rings is 1. The maximum atomic E-state index is 13.6. The lowest BCUT2D eigenvalue weighted by molar-refractivity contribution is 0.265. The Kier molecular flexibility index (Phi) is 4.93. The number of benzene rings is 1. The number of nitrogens with two attached hydrogens (primary N) is 1. The van der Waals surface area contributed by atoms with Crippen LogP contribution in [-0.2, 0) is 10.0 Å². The quantitative estimate of drug-likeness (QED) is 0.911. The van der Waals surface area contributed by atoms with Crippen LogP contribution in [0.4, 0.5) is 4.39 Å². The minimum Gasteiger partial charge on any atom is -0.330 e. The molecule has 1 saturated heterocycles. The minimum absolute atomic E-state index is 0.248. The highest BCUT2D eigenvalue weighted by atomic mass is 32.2. The second-order valence-corrected chi connectivity index (χ2v) is 7.06. The number of nitrogens with zero attached hydrogens (tertiary/aromatic N) is 2. The van der Waals surface area contributed by atoms with E-state index in [9.17, 15) is 12.8 Å². The minimum atomic E-state index is -3.83. The Labute approximate surface area is 124 Å². The van der Waals surface area contributed by atoms with Crippen molar-refractivity contribution in [1.82, 2.24) is 4.31 Å². The van der Waals surface area contributed by atoms with Gasteiger partial charge in [0.2, 0.25) is 10.0 Å². The van der Waals surface area contributed by atoms with Gasteiger partial charge in [0.05, 0.1) is 0 Å². The maximum Gasteiger partial charge on any atom is 0.244 e. The van der Waals surface area contributed by atoms with Crippen molar-refractivity contribution in [3.63, 3.8) is 0 Å². The number of hydrogen-bond donors (Lipinski definition) is 1. The highest BCUT2D eigenvalue weighted by Crippen LogP contribution is 2.27. The summed E-state index contributed by atoms with van der Waals surface area (Å²) in [6, 6.07) is 5.32. The van der Waals surface area contributed by atoms with E-state index >= 15 is 0 Å². The number of halogens is 1. The standard InChI is InChI=1S/C14H18FN3O2S/c15-13-2-1-3-14(12(13)10-17)21(19,20)18-8-5-11(4-7-16)6-9-18/h1-3,11H,4-9,16H2. The van der Waals surface area contributed by atoms with Crippen molar-refractivity contribution < 1.29 is 12.8 Å². The highest BCUT2D eigenvalue weighted by molar-refractivity contribution is 7.89. The van der Waals surface area contributed by atoms with Crippen LogP contribution in [0.2, 0.25) is 0 Å². The summed E-state index contributed by atoms with van der Waals surface area (Å²) in [5.74, 6) is -0.374. The van der Waals surface area contributed by atoms with Crippen LogP contribution in [0.25, 0.3) is 0 Å². The summed E-state index contributed by atoms with van der Waals surface area (Å²) in [6.45, 7) is 1.36. The van der Waals surface area contributed by atoms with Crippen LogP contribution in [-0.4, -0.2) is 32.4 Å². The van der Waals surface area contributed by atoms with Gasteiger partial charge in [-0.1, -0.05) is 6.07 Å². The van der Waals surface area contributed by atoms with Gasteiger partial charge in [0.1, 0.15) is 22.3 Å². The Bertz CT molecular complexity index is 647. The first kappa shape index (κ1) is 15.9. The maximum absolute atomic E-state index is 13.6. The van der Waals surface area contributed by atoms with Crippen LogP contribution >= 0.6 is 0 Å². The monoisotopic (exact) mass is 311 g/mol. The fourth-order valence-electron chi connectivity index (χ4n) is 2.64. The Hall–Kier alpha value is -1.49. The summed E-state index contributed by atoms with van der Waals surface area (Å²) in [5.41, 5.74) is 5.10. The molecule has 1 aromatic carbocycles. The van der Waals surface area contributed by atoms with Gasteiger partial charge in [-0.3, -0.25) is 0 Å². The van der Waals surface area contributed by atoms with Crippen LogP contribution in [0.1, 0.15) is 24.8 Å². The van der Waals surface area contributed by atoms with E-state index in [1.54, 1.807) is 6.07 Å². The SMILES string of the molecule is N#Cc1c(F)cccc1S(=O)(=O)N1CCC(CCN)CC1. The Morgan fingerprint density at radius 2 is 2.05 bits per heavy atom. The first-order chi connectivity index (χ1) is 10.0. The topological polar surface area (TPSA) is 87.2 Å². The molecule has 2 N–H and O–H groups in total. The summed E-state index contributed by atoms with van der Waals surface area (Å²) < 4.78 is 40.1. The lowest BCUT2D eigenvalue weighted by Crippen LogP contribution is -2.39. The third-order valence-corrected chi connectivity index (χ3v) is 5.79. The molecule has 0 spiro atoms. The molecule has 21 heavy (non-hydrogen) atoms. The molecule has 7 heteroatoms. The van der Waals surface area contributed by atoms with E-state index in [4.69, 9.17) is 11.0 Å². The van der Waals surface area contributed by atoms with E-state index in [1.165, 1.54) is 16.4 Å². The molecule has 1 fully saturated rings. The van der Waals surface area contributed by atoms with Gasteiger partial charge in [0, 0.05) is 13.1 Å². The molecule has 1 aromatic rings. The Morgan fingerprint density at radius 3 is 2.62 bits per heavy atom. The van der Waals surface area contributed by atoms with E-state index in [1.807, 2.05) is 0 Å². The van der Waals surface area contributed by atoms with Gasteiger partial charge in [0.25, 0.3) is 0 Å². The zero-order valence-electron chi connectivity index (χ0n) is 11.6. The zero-order chi connectivity index (χ0) is 15.5. The van der Waals surface area contributed by atoms with E-state index < -0.39 is 21.4 Å². The van der Waals surface area contributed by atoms with E-state index in [-0.39, 0.29) is 4.90 Å². The number of sulfonamides is 1. The molecule has 0 atom stereocenters. The molecule has 0 amide bonds. The molecule has 0 aromatic heterocycles. The summed E-state index contributed by atoms with van der Waals surface area (Å²) in [7, 11) is -3.83. The van der Waals surface area contributed by atoms with Crippen molar-refractivity contribution in [1.29, 1.82) is 5.26 Å². The molecule has 1 aliphatic heterocycles. The molecular formula is C14H18FN3O2S. The van der Waals surface area contributed by atoms with Crippen LogP contribution in [0.3, 0.4) is 0 Å². The summed E-state index contributed by atoms with van der Waals surface area (Å²) in [5, 5.41) is 8.99. The van der Waals surface area contributed by atoms with Gasteiger partial charge in [-0.15, -0.1) is 0 Å². The van der Waals surface area contributed by atoms with Crippen molar-refractivity contribution in [2.45, 2.75) is 24.2 Å². The molecule has 0 saturated carbocycles. The lowest BCUT2D eigenvalue weighted by Gasteiger charge is -2.31. The van der Waals surface area contributed by atoms with Crippen LogP contribution < -0.4 is 5.73 Å². The fraction of sp³-hybridized carbons (Fsp3) is 0.500. The predicted molar refractivity (Wildman–Crippen MR) is 76.3 cm³/mol. The molecule has 0 aliphatic carbocycles. The number of rotatable bonds is 4. The van der Waals surface area contributed by atoms with Crippen LogP contribution in [0, 0.1) is 23.1 Å². The van der Waals surface area contributed by atoms with Gasteiger partial charge in [-0.05, 0) is 43.9 Å².